The molecule has 2 unspecified atom stereocenters. The van der Waals surface area contributed by atoms with Gasteiger partial charge in [0.2, 0.25) is 0 Å². The summed E-state index contributed by atoms with van der Waals surface area (Å²) >= 11 is 0. The van der Waals surface area contributed by atoms with Crippen LogP contribution in [0.2, 0.25) is 0 Å². The second kappa shape index (κ2) is 8.29. The number of aliphatic hydroxyl groups is 1. The van der Waals surface area contributed by atoms with Crippen molar-refractivity contribution in [3.8, 4) is 0 Å². The first kappa shape index (κ1) is 18.5. The minimum atomic E-state index is -0.628. The van der Waals surface area contributed by atoms with E-state index >= 15 is 0 Å². The third kappa shape index (κ3) is 4.35. The summed E-state index contributed by atoms with van der Waals surface area (Å²) in [6, 6.07) is 5.77. The van der Waals surface area contributed by atoms with E-state index in [0.29, 0.717) is 12.2 Å². The van der Waals surface area contributed by atoms with E-state index in [-0.39, 0.29) is 12.0 Å². The number of aryl methyl sites for hydroxylation is 2. The number of anilines is 1. The number of carbonyl (C=O) groups is 2. The van der Waals surface area contributed by atoms with Crippen LogP contribution in [0.15, 0.2) is 18.2 Å². The zero-order chi connectivity index (χ0) is 17.7. The highest BCUT2D eigenvalue weighted by Gasteiger charge is 2.29. The summed E-state index contributed by atoms with van der Waals surface area (Å²) in [5.74, 6) is -1.12. The third-order valence-corrected chi connectivity index (χ3v) is 4.89. The molecule has 2 N–H and O–H groups in total. The smallest absolute Gasteiger partial charge is 0.313 e. The lowest BCUT2D eigenvalue weighted by molar-refractivity contribution is -0.142. The number of benzene rings is 1. The molecule has 5 heteroatoms. The third-order valence-electron chi connectivity index (χ3n) is 4.89. The van der Waals surface area contributed by atoms with Gasteiger partial charge in [0.1, 0.15) is 0 Å². The van der Waals surface area contributed by atoms with E-state index in [1.807, 2.05) is 18.2 Å². The Balaban J connectivity index is 1.97. The van der Waals surface area contributed by atoms with Crippen LogP contribution >= 0.6 is 0 Å². The molecule has 132 valence electrons. The molecule has 1 fully saturated rings. The van der Waals surface area contributed by atoms with E-state index in [0.717, 1.165) is 32.1 Å². The molecule has 0 aliphatic heterocycles. The molecule has 0 heterocycles. The van der Waals surface area contributed by atoms with Gasteiger partial charge in [-0.3, -0.25) is 9.59 Å². The molecule has 0 bridgehead atoms. The summed E-state index contributed by atoms with van der Waals surface area (Å²) in [6.07, 6.45) is 4.13. The van der Waals surface area contributed by atoms with Gasteiger partial charge in [0.25, 0.3) is 0 Å². The molecule has 0 saturated heterocycles. The van der Waals surface area contributed by atoms with Gasteiger partial charge in [-0.25, -0.2) is 0 Å². The Labute approximate surface area is 144 Å². The summed E-state index contributed by atoms with van der Waals surface area (Å²) in [6.45, 7) is 4.59. The summed E-state index contributed by atoms with van der Waals surface area (Å²) in [5, 5.41) is 12.6. The van der Waals surface area contributed by atoms with Crippen LogP contribution in [0.3, 0.4) is 0 Å². The molecule has 1 aromatic rings. The Bertz CT molecular complexity index is 600. The molecular weight excluding hydrogens is 304 g/mol. The summed E-state index contributed by atoms with van der Waals surface area (Å²) in [5.41, 5.74) is 3.09. The second-order valence-corrected chi connectivity index (χ2v) is 6.59. The fourth-order valence-corrected chi connectivity index (χ4v) is 3.40. The van der Waals surface area contributed by atoms with Crippen LogP contribution in [0, 0.1) is 5.92 Å². The predicted molar refractivity (Wildman–Crippen MR) is 94.8 cm³/mol. The van der Waals surface area contributed by atoms with Gasteiger partial charge in [-0.2, -0.15) is 0 Å². The fourth-order valence-electron chi connectivity index (χ4n) is 3.40. The van der Waals surface area contributed by atoms with Crippen LogP contribution in [0.5, 0.6) is 0 Å². The van der Waals surface area contributed by atoms with Crippen molar-refractivity contribution in [2.75, 3.05) is 18.9 Å². The summed E-state index contributed by atoms with van der Waals surface area (Å²) in [4.78, 5) is 25.9. The lowest BCUT2D eigenvalue weighted by Gasteiger charge is -2.22. The van der Waals surface area contributed by atoms with Crippen molar-refractivity contribution in [1.29, 1.82) is 0 Å². The van der Waals surface area contributed by atoms with Crippen molar-refractivity contribution in [2.45, 2.75) is 52.1 Å². The predicted octanol–water partition coefficient (Wildman–Crippen LogP) is 2.37. The molecule has 1 aliphatic rings. The number of nitrogens with zero attached hydrogens (tertiary/aromatic N) is 1. The van der Waals surface area contributed by atoms with Crippen molar-refractivity contribution in [3.05, 3.63) is 29.3 Å². The highest BCUT2D eigenvalue weighted by Crippen LogP contribution is 2.26. The Morgan fingerprint density at radius 3 is 2.50 bits per heavy atom. The van der Waals surface area contributed by atoms with Crippen LogP contribution in [-0.4, -0.2) is 41.5 Å². The van der Waals surface area contributed by atoms with E-state index in [9.17, 15) is 14.7 Å². The van der Waals surface area contributed by atoms with Gasteiger partial charge in [-0.1, -0.05) is 26.3 Å². The molecule has 2 amide bonds. The first-order valence-corrected chi connectivity index (χ1v) is 8.82. The standard InChI is InChI=1S/C19H28N2O3/c1-4-13-9-10-16(11-14(13)5-2)20-18(23)19(24)21(3)12-15-7-6-8-17(15)22/h9-11,15,17,22H,4-8,12H2,1-3H3,(H,20,23). The van der Waals surface area contributed by atoms with Crippen molar-refractivity contribution in [3.63, 3.8) is 0 Å². The monoisotopic (exact) mass is 332 g/mol. The van der Waals surface area contributed by atoms with Crippen molar-refractivity contribution in [2.24, 2.45) is 5.92 Å². The minimum Gasteiger partial charge on any atom is -0.393 e. The Morgan fingerprint density at radius 1 is 1.21 bits per heavy atom. The van der Waals surface area contributed by atoms with Crippen LogP contribution in [-0.2, 0) is 22.4 Å². The average Bonchev–Trinajstić information content (AvgIpc) is 2.98. The van der Waals surface area contributed by atoms with Crippen LogP contribution in [0.1, 0.15) is 44.2 Å². The number of amides is 2. The topological polar surface area (TPSA) is 69.6 Å². The summed E-state index contributed by atoms with van der Waals surface area (Å²) < 4.78 is 0. The van der Waals surface area contributed by atoms with E-state index in [2.05, 4.69) is 19.2 Å². The summed E-state index contributed by atoms with van der Waals surface area (Å²) in [7, 11) is 1.62. The lowest BCUT2D eigenvalue weighted by Crippen LogP contribution is -2.41. The van der Waals surface area contributed by atoms with Crippen molar-refractivity contribution in [1.82, 2.24) is 4.90 Å². The number of aliphatic hydroxyl groups excluding tert-OH is 1. The molecular formula is C19H28N2O3. The van der Waals surface area contributed by atoms with Crippen molar-refractivity contribution < 1.29 is 14.7 Å². The van der Waals surface area contributed by atoms with Gasteiger partial charge in [-0.05, 0) is 48.9 Å². The molecule has 5 nitrogen and oxygen atoms in total. The Morgan fingerprint density at radius 2 is 1.92 bits per heavy atom. The fraction of sp³-hybridized carbons (Fsp3) is 0.579. The van der Waals surface area contributed by atoms with Gasteiger partial charge >= 0.3 is 11.8 Å². The number of nitrogens with one attached hydrogen (secondary N) is 1. The number of carbonyl (C=O) groups excluding carboxylic acids is 2. The van der Waals surface area contributed by atoms with Gasteiger partial charge in [0.15, 0.2) is 0 Å². The maximum Gasteiger partial charge on any atom is 0.313 e. The molecule has 0 radical (unpaired) electrons. The van der Waals surface area contributed by atoms with Crippen molar-refractivity contribution >= 4 is 17.5 Å². The average molecular weight is 332 g/mol. The van der Waals surface area contributed by atoms with Gasteiger partial charge < -0.3 is 15.3 Å². The maximum absolute atomic E-state index is 12.3. The largest absolute Gasteiger partial charge is 0.393 e. The number of rotatable bonds is 5. The quantitative estimate of drug-likeness (QED) is 0.813. The van der Waals surface area contributed by atoms with Crippen LogP contribution in [0.25, 0.3) is 0 Å². The van der Waals surface area contributed by atoms with Crippen LogP contribution < -0.4 is 5.32 Å². The maximum atomic E-state index is 12.3. The normalized spacial score (nSPS) is 20.0. The molecule has 1 aliphatic carbocycles. The highest BCUT2D eigenvalue weighted by molar-refractivity contribution is 6.39. The van der Waals surface area contributed by atoms with Gasteiger partial charge in [0.05, 0.1) is 6.10 Å². The molecule has 0 spiro atoms. The zero-order valence-corrected chi connectivity index (χ0v) is 14.8. The number of hydrogen-bond acceptors (Lipinski definition) is 3. The van der Waals surface area contributed by atoms with E-state index in [1.54, 1.807) is 7.05 Å². The van der Waals surface area contributed by atoms with Gasteiger partial charge in [-0.15, -0.1) is 0 Å². The first-order valence-electron chi connectivity index (χ1n) is 8.82. The molecule has 24 heavy (non-hydrogen) atoms. The lowest BCUT2D eigenvalue weighted by atomic mass is 10.0. The van der Waals surface area contributed by atoms with E-state index in [4.69, 9.17) is 0 Å². The Kier molecular flexibility index (Phi) is 6.37. The first-order chi connectivity index (χ1) is 11.5. The van der Waals surface area contributed by atoms with Gasteiger partial charge in [0, 0.05) is 25.2 Å². The SMILES string of the molecule is CCc1ccc(NC(=O)C(=O)N(C)CC2CCCC2O)cc1CC. The van der Waals surface area contributed by atoms with E-state index < -0.39 is 11.8 Å². The van der Waals surface area contributed by atoms with Crippen LogP contribution in [0.4, 0.5) is 5.69 Å². The Hall–Kier alpha value is -1.88. The number of hydrogen-bond donors (Lipinski definition) is 2. The zero-order valence-electron chi connectivity index (χ0n) is 14.8. The molecule has 2 rings (SSSR count). The molecule has 1 saturated carbocycles. The second-order valence-electron chi connectivity index (χ2n) is 6.59. The molecule has 2 atom stereocenters. The van der Waals surface area contributed by atoms with E-state index in [1.165, 1.54) is 16.0 Å². The highest BCUT2D eigenvalue weighted by atomic mass is 16.3. The molecule has 0 aromatic heterocycles. The number of likely N-dealkylation sites (N-methyl/N-ethyl adjacent to an activating group) is 1. The minimum absolute atomic E-state index is 0.0716. The molecule has 1 aromatic carbocycles.